The maximum Gasteiger partial charge on any atom is 0.317 e. The van der Waals surface area contributed by atoms with E-state index in [4.69, 9.17) is 0 Å². The largest absolute Gasteiger partial charge is 0.341 e. The van der Waals surface area contributed by atoms with Crippen LogP contribution in [0.25, 0.3) is 0 Å². The molecule has 26 heavy (non-hydrogen) atoms. The van der Waals surface area contributed by atoms with Gasteiger partial charge in [-0.2, -0.15) is 0 Å². The highest BCUT2D eigenvalue weighted by molar-refractivity contribution is 5.79. The average molecular weight is 361 g/mol. The molecule has 1 heterocycles. The van der Waals surface area contributed by atoms with Gasteiger partial charge in [-0.3, -0.25) is 4.79 Å². The molecule has 1 N–H and O–H groups in total. The van der Waals surface area contributed by atoms with E-state index in [2.05, 4.69) is 5.32 Å². The molecule has 3 amide bonds. The van der Waals surface area contributed by atoms with Crippen molar-refractivity contribution < 1.29 is 14.0 Å². The number of nitrogens with one attached hydrogen (secondary N) is 1. The van der Waals surface area contributed by atoms with Crippen LogP contribution in [0.4, 0.5) is 9.18 Å². The third-order valence-corrected chi connectivity index (χ3v) is 5.37. The number of nitrogens with zero attached hydrogens (tertiary/aromatic N) is 2. The predicted octanol–water partition coefficient (Wildman–Crippen LogP) is 2.94. The lowest BCUT2D eigenvalue weighted by molar-refractivity contribution is -0.130. The van der Waals surface area contributed by atoms with Crippen molar-refractivity contribution in [1.82, 2.24) is 15.1 Å². The van der Waals surface area contributed by atoms with Gasteiger partial charge in [-0.1, -0.05) is 37.5 Å². The van der Waals surface area contributed by atoms with Gasteiger partial charge in [0.1, 0.15) is 5.82 Å². The fourth-order valence-electron chi connectivity index (χ4n) is 3.80. The molecule has 1 aromatic carbocycles. The summed E-state index contributed by atoms with van der Waals surface area (Å²) in [6.07, 6.45) is 6.57. The molecule has 1 aliphatic carbocycles. The molecule has 6 heteroatoms. The Labute approximate surface area is 154 Å². The Bertz CT molecular complexity index is 631. The highest BCUT2D eigenvalue weighted by atomic mass is 19.1. The van der Waals surface area contributed by atoms with Crippen molar-refractivity contribution >= 4 is 11.9 Å². The topological polar surface area (TPSA) is 52.7 Å². The maximum atomic E-state index is 13.8. The number of carbonyl (C=O) groups is 2. The quantitative estimate of drug-likeness (QED) is 0.900. The second-order valence-corrected chi connectivity index (χ2v) is 7.27. The summed E-state index contributed by atoms with van der Waals surface area (Å²) in [5.41, 5.74) is 0.425. The third-order valence-electron chi connectivity index (χ3n) is 5.37. The molecule has 0 bridgehead atoms. The van der Waals surface area contributed by atoms with Crippen LogP contribution in [0.2, 0.25) is 0 Å². The van der Waals surface area contributed by atoms with E-state index in [1.165, 1.54) is 25.3 Å². The van der Waals surface area contributed by atoms with Gasteiger partial charge in [-0.05, 0) is 30.9 Å². The van der Waals surface area contributed by atoms with Crippen molar-refractivity contribution in [3.63, 3.8) is 0 Å². The molecule has 5 nitrogen and oxygen atoms in total. The molecular weight excluding hydrogens is 333 g/mol. The summed E-state index contributed by atoms with van der Waals surface area (Å²) in [5, 5.41) is 3.14. The summed E-state index contributed by atoms with van der Waals surface area (Å²) in [6, 6.07) is 6.67. The van der Waals surface area contributed by atoms with Crippen LogP contribution in [0.15, 0.2) is 24.3 Å². The zero-order valence-corrected chi connectivity index (χ0v) is 15.3. The average Bonchev–Trinajstić information content (AvgIpc) is 2.91. The smallest absolute Gasteiger partial charge is 0.317 e. The lowest BCUT2D eigenvalue weighted by atomic mass is 9.96. The predicted molar refractivity (Wildman–Crippen MR) is 98.3 cm³/mol. The molecule has 142 valence electrons. The van der Waals surface area contributed by atoms with Crippen molar-refractivity contribution in [2.45, 2.75) is 51.0 Å². The molecule has 2 fully saturated rings. The van der Waals surface area contributed by atoms with Gasteiger partial charge in [0, 0.05) is 32.2 Å². The van der Waals surface area contributed by atoms with Crippen molar-refractivity contribution in [1.29, 1.82) is 0 Å². The molecule has 0 aromatic heterocycles. The number of benzene rings is 1. The number of urea groups is 1. The van der Waals surface area contributed by atoms with Crippen LogP contribution in [0.5, 0.6) is 0 Å². The number of halogens is 1. The normalized spacial score (nSPS) is 19.1. The van der Waals surface area contributed by atoms with E-state index in [9.17, 15) is 14.0 Å². The van der Waals surface area contributed by atoms with Crippen LogP contribution in [0.3, 0.4) is 0 Å². The number of rotatable bonds is 3. The minimum atomic E-state index is -0.343. The van der Waals surface area contributed by atoms with Gasteiger partial charge in [0.05, 0.1) is 6.42 Å². The number of hydrogen-bond donors (Lipinski definition) is 1. The minimum absolute atomic E-state index is 0.0136. The summed E-state index contributed by atoms with van der Waals surface area (Å²) in [5.74, 6) is -0.422. The Balaban J connectivity index is 1.50. The summed E-state index contributed by atoms with van der Waals surface area (Å²) >= 11 is 0. The standard InChI is InChI=1S/C20H28FN3O2/c21-18-10-5-4-7-16(18)15-19(25)23-11-6-12-24(14-13-23)20(26)22-17-8-2-1-3-9-17/h4-5,7,10,17H,1-3,6,8-9,11-15H2,(H,22,26). The molecule has 0 atom stereocenters. The summed E-state index contributed by atoms with van der Waals surface area (Å²) < 4.78 is 13.8. The highest BCUT2D eigenvalue weighted by Gasteiger charge is 2.24. The molecule has 0 unspecified atom stereocenters. The molecule has 1 aromatic rings. The Kier molecular flexibility index (Phi) is 6.47. The Morgan fingerprint density at radius 3 is 2.42 bits per heavy atom. The molecule has 1 aliphatic heterocycles. The van der Waals surface area contributed by atoms with Gasteiger partial charge in [-0.25, -0.2) is 9.18 Å². The summed E-state index contributed by atoms with van der Waals surface area (Å²) in [4.78, 5) is 28.6. The van der Waals surface area contributed by atoms with Crippen molar-refractivity contribution in [3.8, 4) is 0 Å². The van der Waals surface area contributed by atoms with Crippen LogP contribution in [-0.4, -0.2) is 54.0 Å². The first-order valence-corrected chi connectivity index (χ1v) is 9.70. The highest BCUT2D eigenvalue weighted by Crippen LogP contribution is 2.18. The van der Waals surface area contributed by atoms with E-state index >= 15 is 0 Å². The number of amides is 3. The fourth-order valence-corrected chi connectivity index (χ4v) is 3.80. The van der Waals surface area contributed by atoms with E-state index in [0.29, 0.717) is 37.8 Å². The maximum absolute atomic E-state index is 13.8. The summed E-state index contributed by atoms with van der Waals surface area (Å²) in [6.45, 7) is 2.30. The molecule has 0 spiro atoms. The van der Waals surface area contributed by atoms with Crippen LogP contribution < -0.4 is 5.32 Å². The van der Waals surface area contributed by atoms with Gasteiger partial charge in [0.2, 0.25) is 5.91 Å². The van der Waals surface area contributed by atoms with Gasteiger partial charge in [0.15, 0.2) is 0 Å². The van der Waals surface area contributed by atoms with Crippen LogP contribution in [-0.2, 0) is 11.2 Å². The zero-order chi connectivity index (χ0) is 18.4. The van der Waals surface area contributed by atoms with Crippen molar-refractivity contribution in [2.24, 2.45) is 0 Å². The van der Waals surface area contributed by atoms with E-state index in [0.717, 1.165) is 19.3 Å². The lowest BCUT2D eigenvalue weighted by Crippen LogP contribution is -2.47. The van der Waals surface area contributed by atoms with Gasteiger partial charge < -0.3 is 15.1 Å². The second kappa shape index (κ2) is 9.01. The first kappa shape index (κ1) is 18.7. The number of carbonyl (C=O) groups excluding carboxylic acids is 2. The molecule has 2 aliphatic rings. The van der Waals surface area contributed by atoms with E-state index in [-0.39, 0.29) is 24.2 Å². The SMILES string of the molecule is O=C(Cc1ccccc1F)N1CCCN(C(=O)NC2CCCCC2)CC1. The van der Waals surface area contributed by atoms with Crippen molar-refractivity contribution in [3.05, 3.63) is 35.6 Å². The fraction of sp³-hybridized carbons (Fsp3) is 0.600. The van der Waals surface area contributed by atoms with Crippen LogP contribution in [0, 0.1) is 5.82 Å². The van der Waals surface area contributed by atoms with Gasteiger partial charge in [-0.15, -0.1) is 0 Å². The van der Waals surface area contributed by atoms with Gasteiger partial charge in [0.25, 0.3) is 0 Å². The monoisotopic (exact) mass is 361 g/mol. The Hall–Kier alpha value is -2.11. The third kappa shape index (κ3) is 4.96. The Morgan fingerprint density at radius 2 is 1.65 bits per heavy atom. The second-order valence-electron chi connectivity index (χ2n) is 7.27. The van der Waals surface area contributed by atoms with Crippen LogP contribution in [0.1, 0.15) is 44.1 Å². The minimum Gasteiger partial charge on any atom is -0.341 e. The van der Waals surface area contributed by atoms with Gasteiger partial charge >= 0.3 is 6.03 Å². The lowest BCUT2D eigenvalue weighted by Gasteiger charge is -2.27. The van der Waals surface area contributed by atoms with E-state index < -0.39 is 0 Å². The van der Waals surface area contributed by atoms with Crippen LogP contribution >= 0.6 is 0 Å². The molecule has 1 saturated heterocycles. The Morgan fingerprint density at radius 1 is 0.962 bits per heavy atom. The summed E-state index contributed by atoms with van der Waals surface area (Å²) in [7, 11) is 0. The molecule has 3 rings (SSSR count). The number of hydrogen-bond acceptors (Lipinski definition) is 2. The van der Waals surface area contributed by atoms with Crippen molar-refractivity contribution in [2.75, 3.05) is 26.2 Å². The zero-order valence-electron chi connectivity index (χ0n) is 15.3. The first-order chi connectivity index (χ1) is 12.6. The molecular formula is C20H28FN3O2. The molecule has 1 saturated carbocycles. The molecule has 0 radical (unpaired) electrons. The van der Waals surface area contributed by atoms with E-state index in [1.54, 1.807) is 23.1 Å². The van der Waals surface area contributed by atoms with E-state index in [1.807, 2.05) is 4.90 Å². The first-order valence-electron chi connectivity index (χ1n) is 9.70.